The van der Waals surface area contributed by atoms with Gasteiger partial charge in [-0.1, -0.05) is 44.2 Å². The molecule has 118 valence electrons. The molecular weight excluding hydrogens is 258 g/mol. The van der Waals surface area contributed by atoms with Gasteiger partial charge in [0.1, 0.15) is 0 Å². The summed E-state index contributed by atoms with van der Waals surface area (Å²) >= 11 is 0. The standard InChI is InChI=1S/C18H31N3/c1-3-21(4-2)18-12-13-20(15-18)14-17(19)11-10-16-8-6-5-7-9-16/h5-9,17-18H,3-4,10-15,19H2,1-2H3. The first-order chi connectivity index (χ1) is 10.2. The van der Waals surface area contributed by atoms with Gasteiger partial charge in [-0.3, -0.25) is 4.90 Å². The summed E-state index contributed by atoms with van der Waals surface area (Å²) in [6.45, 7) is 10.3. The summed E-state index contributed by atoms with van der Waals surface area (Å²) in [4.78, 5) is 5.13. The van der Waals surface area contributed by atoms with E-state index in [1.807, 2.05) is 0 Å². The van der Waals surface area contributed by atoms with E-state index in [-0.39, 0.29) is 0 Å². The molecule has 0 aromatic heterocycles. The van der Waals surface area contributed by atoms with Crippen molar-refractivity contribution in [1.82, 2.24) is 9.80 Å². The summed E-state index contributed by atoms with van der Waals surface area (Å²) in [6.07, 6.45) is 3.47. The number of aryl methyl sites for hydroxylation is 1. The highest BCUT2D eigenvalue weighted by atomic mass is 15.3. The first-order valence-electron chi connectivity index (χ1n) is 8.48. The molecule has 0 aliphatic carbocycles. The van der Waals surface area contributed by atoms with Crippen molar-refractivity contribution >= 4 is 0 Å². The zero-order chi connectivity index (χ0) is 15.1. The van der Waals surface area contributed by atoms with Gasteiger partial charge in [-0.2, -0.15) is 0 Å². The first-order valence-corrected chi connectivity index (χ1v) is 8.48. The molecule has 2 rings (SSSR count). The van der Waals surface area contributed by atoms with Crippen LogP contribution in [-0.2, 0) is 6.42 Å². The Morgan fingerprint density at radius 2 is 1.95 bits per heavy atom. The molecule has 2 unspecified atom stereocenters. The molecular formula is C18H31N3. The summed E-state index contributed by atoms with van der Waals surface area (Å²) in [5, 5.41) is 0. The molecule has 0 bridgehead atoms. The van der Waals surface area contributed by atoms with Crippen molar-refractivity contribution in [2.45, 2.75) is 45.2 Å². The second-order valence-electron chi connectivity index (χ2n) is 6.21. The second-order valence-corrected chi connectivity index (χ2v) is 6.21. The van der Waals surface area contributed by atoms with E-state index in [9.17, 15) is 0 Å². The smallest absolute Gasteiger partial charge is 0.0235 e. The van der Waals surface area contributed by atoms with Crippen molar-refractivity contribution in [2.75, 3.05) is 32.7 Å². The van der Waals surface area contributed by atoms with Crippen LogP contribution in [-0.4, -0.2) is 54.6 Å². The molecule has 1 aliphatic rings. The third-order valence-electron chi connectivity index (χ3n) is 4.72. The SMILES string of the molecule is CCN(CC)C1CCN(CC(N)CCc2ccccc2)C1. The Kier molecular flexibility index (Phi) is 6.68. The van der Waals surface area contributed by atoms with Crippen LogP contribution < -0.4 is 5.73 Å². The Morgan fingerprint density at radius 1 is 1.24 bits per heavy atom. The van der Waals surface area contributed by atoms with Crippen molar-refractivity contribution in [1.29, 1.82) is 0 Å². The van der Waals surface area contributed by atoms with Crippen LogP contribution in [0.25, 0.3) is 0 Å². The van der Waals surface area contributed by atoms with E-state index in [0.717, 1.165) is 38.5 Å². The minimum absolute atomic E-state index is 0.292. The zero-order valence-electron chi connectivity index (χ0n) is 13.7. The van der Waals surface area contributed by atoms with Gasteiger partial charge in [-0.15, -0.1) is 0 Å². The van der Waals surface area contributed by atoms with Crippen molar-refractivity contribution < 1.29 is 0 Å². The molecule has 1 fully saturated rings. The van der Waals surface area contributed by atoms with Gasteiger partial charge in [-0.25, -0.2) is 0 Å². The Morgan fingerprint density at radius 3 is 2.62 bits per heavy atom. The molecule has 1 aliphatic heterocycles. The Bertz CT molecular complexity index is 389. The number of likely N-dealkylation sites (tertiary alicyclic amines) is 1. The zero-order valence-corrected chi connectivity index (χ0v) is 13.7. The summed E-state index contributed by atoms with van der Waals surface area (Å²) in [5.41, 5.74) is 7.73. The molecule has 1 saturated heterocycles. The maximum atomic E-state index is 6.33. The summed E-state index contributed by atoms with van der Waals surface area (Å²) in [7, 11) is 0. The van der Waals surface area contributed by atoms with E-state index in [1.165, 1.54) is 25.1 Å². The highest BCUT2D eigenvalue weighted by Crippen LogP contribution is 2.16. The van der Waals surface area contributed by atoms with Gasteiger partial charge in [0.2, 0.25) is 0 Å². The van der Waals surface area contributed by atoms with Crippen LogP contribution >= 0.6 is 0 Å². The molecule has 0 amide bonds. The molecule has 1 aromatic rings. The predicted octanol–water partition coefficient (Wildman–Crippen LogP) is 2.36. The fraction of sp³-hybridized carbons (Fsp3) is 0.667. The van der Waals surface area contributed by atoms with Gasteiger partial charge in [0, 0.05) is 25.2 Å². The monoisotopic (exact) mass is 289 g/mol. The highest BCUT2D eigenvalue weighted by Gasteiger charge is 2.26. The lowest BCUT2D eigenvalue weighted by molar-refractivity contribution is 0.207. The van der Waals surface area contributed by atoms with Crippen LogP contribution in [0.1, 0.15) is 32.3 Å². The second kappa shape index (κ2) is 8.52. The lowest BCUT2D eigenvalue weighted by Crippen LogP contribution is -2.40. The Hall–Kier alpha value is -0.900. The number of hydrogen-bond acceptors (Lipinski definition) is 3. The lowest BCUT2D eigenvalue weighted by Gasteiger charge is -2.27. The van der Waals surface area contributed by atoms with Crippen LogP contribution in [0.2, 0.25) is 0 Å². The van der Waals surface area contributed by atoms with Crippen molar-refractivity contribution in [3.63, 3.8) is 0 Å². The van der Waals surface area contributed by atoms with Crippen LogP contribution in [0.3, 0.4) is 0 Å². The molecule has 3 heteroatoms. The van der Waals surface area contributed by atoms with Gasteiger partial charge in [0.25, 0.3) is 0 Å². The molecule has 2 atom stereocenters. The Labute approximate surface area is 130 Å². The summed E-state index contributed by atoms with van der Waals surface area (Å²) in [6, 6.07) is 11.7. The van der Waals surface area contributed by atoms with E-state index < -0.39 is 0 Å². The quantitative estimate of drug-likeness (QED) is 0.797. The number of nitrogens with two attached hydrogens (primary N) is 1. The minimum Gasteiger partial charge on any atom is -0.327 e. The number of likely N-dealkylation sites (N-methyl/N-ethyl adjacent to an activating group) is 1. The predicted molar refractivity (Wildman–Crippen MR) is 90.5 cm³/mol. The van der Waals surface area contributed by atoms with Crippen LogP contribution in [0.15, 0.2) is 30.3 Å². The number of benzene rings is 1. The topological polar surface area (TPSA) is 32.5 Å². The van der Waals surface area contributed by atoms with Crippen LogP contribution in [0, 0.1) is 0 Å². The van der Waals surface area contributed by atoms with Crippen LogP contribution in [0.5, 0.6) is 0 Å². The van der Waals surface area contributed by atoms with Gasteiger partial charge in [-0.05, 0) is 44.5 Å². The van der Waals surface area contributed by atoms with Gasteiger partial charge >= 0.3 is 0 Å². The van der Waals surface area contributed by atoms with E-state index in [0.29, 0.717) is 6.04 Å². The maximum absolute atomic E-state index is 6.33. The fourth-order valence-corrected chi connectivity index (χ4v) is 3.44. The molecule has 1 aromatic carbocycles. The summed E-state index contributed by atoms with van der Waals surface area (Å²) < 4.78 is 0. The largest absolute Gasteiger partial charge is 0.327 e. The lowest BCUT2D eigenvalue weighted by atomic mass is 10.1. The van der Waals surface area contributed by atoms with Crippen molar-refractivity contribution in [3.05, 3.63) is 35.9 Å². The average Bonchev–Trinajstić information content (AvgIpc) is 2.96. The third kappa shape index (κ3) is 5.10. The normalized spacial score (nSPS) is 21.0. The van der Waals surface area contributed by atoms with E-state index in [4.69, 9.17) is 5.73 Å². The minimum atomic E-state index is 0.292. The van der Waals surface area contributed by atoms with Gasteiger partial charge in [0.05, 0.1) is 0 Å². The van der Waals surface area contributed by atoms with Crippen molar-refractivity contribution in [2.24, 2.45) is 5.73 Å². The third-order valence-corrected chi connectivity index (χ3v) is 4.72. The maximum Gasteiger partial charge on any atom is 0.0235 e. The highest BCUT2D eigenvalue weighted by molar-refractivity contribution is 5.14. The molecule has 0 radical (unpaired) electrons. The van der Waals surface area contributed by atoms with E-state index >= 15 is 0 Å². The van der Waals surface area contributed by atoms with Gasteiger partial charge in [0.15, 0.2) is 0 Å². The average molecular weight is 289 g/mol. The van der Waals surface area contributed by atoms with Crippen LogP contribution in [0.4, 0.5) is 0 Å². The van der Waals surface area contributed by atoms with E-state index in [2.05, 4.69) is 54.0 Å². The molecule has 0 spiro atoms. The molecule has 1 heterocycles. The number of nitrogens with zero attached hydrogens (tertiary/aromatic N) is 2. The number of hydrogen-bond donors (Lipinski definition) is 1. The Balaban J connectivity index is 1.70. The van der Waals surface area contributed by atoms with E-state index in [1.54, 1.807) is 0 Å². The molecule has 3 nitrogen and oxygen atoms in total. The molecule has 21 heavy (non-hydrogen) atoms. The molecule has 2 N–H and O–H groups in total. The summed E-state index contributed by atoms with van der Waals surface area (Å²) in [5.74, 6) is 0. The fourth-order valence-electron chi connectivity index (χ4n) is 3.44. The first kappa shape index (κ1) is 16.5. The molecule has 0 saturated carbocycles. The van der Waals surface area contributed by atoms with Crippen molar-refractivity contribution in [3.8, 4) is 0 Å². The van der Waals surface area contributed by atoms with Gasteiger partial charge < -0.3 is 10.6 Å². The number of rotatable bonds is 8.